The number of hydrogen-bond donors (Lipinski definition) is 3. The van der Waals surface area contributed by atoms with Crippen molar-refractivity contribution in [1.29, 1.82) is 0 Å². The molecule has 0 aliphatic heterocycles. The molecule has 0 bridgehead atoms. The molecule has 0 radical (unpaired) electrons. The topological polar surface area (TPSA) is 148 Å². The Balaban J connectivity index is 2.18. The standard InChI is InChI=1S/C18H13F3N4O5/c19-18(20,21)10-4-3-8(6-24-10)7-25-15-9(2-1-5-23-15)13(26)11(16(25)28)14(27)12(22)17(29)30/h1-6,12,26H,7,22H2,(H,29,30). The first kappa shape index (κ1) is 20.9. The molecule has 1 unspecified atom stereocenters. The molecule has 0 spiro atoms. The fraction of sp³-hybridized carbons (Fsp3) is 0.167. The van der Waals surface area contributed by atoms with Crippen molar-refractivity contribution in [3.63, 3.8) is 0 Å². The van der Waals surface area contributed by atoms with Gasteiger partial charge in [-0.15, -0.1) is 0 Å². The van der Waals surface area contributed by atoms with Crippen LogP contribution in [0.25, 0.3) is 11.0 Å². The highest BCUT2D eigenvalue weighted by atomic mass is 19.4. The van der Waals surface area contributed by atoms with E-state index in [4.69, 9.17) is 10.8 Å². The third kappa shape index (κ3) is 3.72. The molecule has 0 fully saturated rings. The Morgan fingerprint density at radius 3 is 2.47 bits per heavy atom. The molecular formula is C18H13F3N4O5. The van der Waals surface area contributed by atoms with Gasteiger partial charge in [-0.2, -0.15) is 13.2 Å². The lowest BCUT2D eigenvalue weighted by atomic mass is 10.0. The number of carboxylic acids is 1. The highest BCUT2D eigenvalue weighted by Crippen LogP contribution is 2.28. The van der Waals surface area contributed by atoms with E-state index in [2.05, 4.69) is 9.97 Å². The molecule has 156 valence electrons. The molecule has 0 aliphatic rings. The number of rotatable bonds is 5. The molecule has 0 aromatic carbocycles. The van der Waals surface area contributed by atoms with Gasteiger partial charge >= 0.3 is 12.1 Å². The summed E-state index contributed by atoms with van der Waals surface area (Å²) in [5.74, 6) is -3.81. The van der Waals surface area contributed by atoms with Gasteiger partial charge in [0.2, 0.25) is 0 Å². The van der Waals surface area contributed by atoms with E-state index in [0.29, 0.717) is 0 Å². The minimum Gasteiger partial charge on any atom is -0.506 e. The van der Waals surface area contributed by atoms with Crippen LogP contribution < -0.4 is 11.3 Å². The number of nitrogens with two attached hydrogens (primary N) is 1. The van der Waals surface area contributed by atoms with Crippen LogP contribution in [0.1, 0.15) is 21.6 Å². The molecule has 0 saturated carbocycles. The number of aromatic hydroxyl groups is 1. The molecule has 3 aromatic rings. The van der Waals surface area contributed by atoms with Crippen molar-refractivity contribution >= 4 is 22.8 Å². The molecule has 4 N–H and O–H groups in total. The zero-order valence-corrected chi connectivity index (χ0v) is 14.9. The largest absolute Gasteiger partial charge is 0.506 e. The second kappa shape index (κ2) is 7.55. The van der Waals surface area contributed by atoms with Crippen molar-refractivity contribution in [3.05, 3.63) is 63.8 Å². The van der Waals surface area contributed by atoms with E-state index in [-0.39, 0.29) is 23.1 Å². The molecule has 0 aliphatic carbocycles. The number of pyridine rings is 3. The van der Waals surface area contributed by atoms with Crippen LogP contribution in [0.2, 0.25) is 0 Å². The molecule has 0 saturated heterocycles. The summed E-state index contributed by atoms with van der Waals surface area (Å²) in [4.78, 5) is 43.6. The number of hydrogen-bond acceptors (Lipinski definition) is 7. The van der Waals surface area contributed by atoms with Crippen LogP contribution in [0.5, 0.6) is 5.75 Å². The Morgan fingerprint density at radius 1 is 1.20 bits per heavy atom. The third-order valence-electron chi connectivity index (χ3n) is 4.24. The lowest BCUT2D eigenvalue weighted by Crippen LogP contribution is -2.42. The summed E-state index contributed by atoms with van der Waals surface area (Å²) < 4.78 is 39.0. The van der Waals surface area contributed by atoms with Crippen LogP contribution in [0, 0.1) is 0 Å². The number of halogens is 3. The number of nitrogens with zero attached hydrogens (tertiary/aromatic N) is 3. The van der Waals surface area contributed by atoms with Gasteiger partial charge in [0.1, 0.15) is 22.7 Å². The summed E-state index contributed by atoms with van der Waals surface area (Å²) in [6, 6.07) is 2.46. The second-order valence-electron chi connectivity index (χ2n) is 6.22. The molecule has 9 nitrogen and oxygen atoms in total. The zero-order chi connectivity index (χ0) is 22.2. The first-order valence-electron chi connectivity index (χ1n) is 8.27. The second-order valence-corrected chi connectivity index (χ2v) is 6.22. The maximum atomic E-state index is 12.9. The molecule has 3 rings (SSSR count). The number of aliphatic carboxylic acids is 1. The van der Waals surface area contributed by atoms with Gasteiger partial charge in [-0.3, -0.25) is 23.9 Å². The maximum absolute atomic E-state index is 12.9. The van der Waals surface area contributed by atoms with Crippen molar-refractivity contribution in [2.24, 2.45) is 5.73 Å². The van der Waals surface area contributed by atoms with Gasteiger partial charge in [-0.1, -0.05) is 6.07 Å². The maximum Gasteiger partial charge on any atom is 0.433 e. The number of aromatic nitrogens is 3. The van der Waals surface area contributed by atoms with Crippen LogP contribution in [0.4, 0.5) is 13.2 Å². The average Bonchev–Trinajstić information content (AvgIpc) is 2.70. The summed E-state index contributed by atoms with van der Waals surface area (Å²) in [5, 5.41) is 19.3. The van der Waals surface area contributed by atoms with Crippen molar-refractivity contribution < 1.29 is 33.0 Å². The highest BCUT2D eigenvalue weighted by Gasteiger charge is 2.32. The Kier molecular flexibility index (Phi) is 5.27. The quantitative estimate of drug-likeness (QED) is 0.410. The smallest absolute Gasteiger partial charge is 0.433 e. The van der Waals surface area contributed by atoms with Gasteiger partial charge in [0.15, 0.2) is 11.8 Å². The number of carboxylic acid groups (broad SMARTS) is 1. The zero-order valence-electron chi connectivity index (χ0n) is 14.9. The van der Waals surface area contributed by atoms with Gasteiger partial charge in [0.05, 0.1) is 11.9 Å². The van der Waals surface area contributed by atoms with Crippen LogP contribution in [0.3, 0.4) is 0 Å². The molecule has 3 aromatic heterocycles. The van der Waals surface area contributed by atoms with Gasteiger partial charge < -0.3 is 15.9 Å². The van der Waals surface area contributed by atoms with Gasteiger partial charge in [-0.05, 0) is 23.8 Å². The molecule has 3 heterocycles. The Labute approximate surface area is 165 Å². The molecule has 0 amide bonds. The number of carbonyl (C=O) groups is 2. The molecular weight excluding hydrogens is 409 g/mol. The minimum atomic E-state index is -4.64. The lowest BCUT2D eigenvalue weighted by molar-refractivity contribution is -0.141. The van der Waals surface area contributed by atoms with Crippen LogP contribution in [-0.4, -0.2) is 42.5 Å². The summed E-state index contributed by atoms with van der Waals surface area (Å²) in [7, 11) is 0. The Morgan fingerprint density at radius 2 is 1.90 bits per heavy atom. The molecule has 1 atom stereocenters. The third-order valence-corrected chi connectivity index (χ3v) is 4.24. The summed E-state index contributed by atoms with van der Waals surface area (Å²) in [6.07, 6.45) is -2.44. The Hall–Kier alpha value is -3.80. The van der Waals surface area contributed by atoms with E-state index in [0.717, 1.165) is 22.9 Å². The van der Waals surface area contributed by atoms with E-state index in [1.54, 1.807) is 0 Å². The van der Waals surface area contributed by atoms with Gasteiger partial charge in [0, 0.05) is 12.4 Å². The fourth-order valence-corrected chi connectivity index (χ4v) is 2.77. The van der Waals surface area contributed by atoms with Crippen LogP contribution in [0.15, 0.2) is 41.5 Å². The average molecular weight is 422 g/mol. The van der Waals surface area contributed by atoms with E-state index >= 15 is 0 Å². The summed E-state index contributed by atoms with van der Waals surface area (Å²) in [5.41, 5.74) is 2.31. The lowest BCUT2D eigenvalue weighted by Gasteiger charge is -2.15. The first-order chi connectivity index (χ1) is 14.0. The normalized spacial score (nSPS) is 12.7. The number of Topliss-reactive ketones (excluding diaryl/α,β-unsaturated/α-hetero) is 1. The minimum absolute atomic E-state index is 0.0436. The highest BCUT2D eigenvalue weighted by molar-refractivity contribution is 6.14. The number of fused-ring (bicyclic) bond motifs is 1. The fourth-order valence-electron chi connectivity index (χ4n) is 2.77. The summed E-state index contributed by atoms with van der Waals surface area (Å²) >= 11 is 0. The van der Waals surface area contributed by atoms with E-state index in [1.165, 1.54) is 18.3 Å². The van der Waals surface area contributed by atoms with E-state index in [9.17, 15) is 32.7 Å². The first-order valence-corrected chi connectivity index (χ1v) is 8.27. The predicted octanol–water partition coefficient (Wildman–Crippen LogP) is 1.16. The van der Waals surface area contributed by atoms with Crippen LogP contribution in [-0.2, 0) is 17.5 Å². The number of carbonyl (C=O) groups excluding carboxylic acids is 1. The molecule has 12 heteroatoms. The van der Waals surface area contributed by atoms with E-state index < -0.39 is 46.5 Å². The van der Waals surface area contributed by atoms with Crippen molar-refractivity contribution in [2.45, 2.75) is 18.8 Å². The predicted molar refractivity (Wildman–Crippen MR) is 96.0 cm³/mol. The Bertz CT molecular complexity index is 1210. The van der Waals surface area contributed by atoms with Crippen LogP contribution >= 0.6 is 0 Å². The monoisotopic (exact) mass is 422 g/mol. The number of alkyl halides is 3. The van der Waals surface area contributed by atoms with Crippen molar-refractivity contribution in [1.82, 2.24) is 14.5 Å². The van der Waals surface area contributed by atoms with Gasteiger partial charge in [-0.25, -0.2) is 4.98 Å². The van der Waals surface area contributed by atoms with Gasteiger partial charge in [0.25, 0.3) is 5.56 Å². The molecule has 30 heavy (non-hydrogen) atoms. The summed E-state index contributed by atoms with van der Waals surface area (Å²) in [6.45, 7) is -0.347. The van der Waals surface area contributed by atoms with E-state index in [1.807, 2.05) is 0 Å². The van der Waals surface area contributed by atoms with Crippen molar-refractivity contribution in [3.8, 4) is 5.75 Å². The van der Waals surface area contributed by atoms with Crippen molar-refractivity contribution in [2.75, 3.05) is 0 Å². The SMILES string of the molecule is NC(C(=O)O)C(=O)c1c(O)c2cccnc2n(Cc2ccc(C(F)(F)F)nc2)c1=O. The number of ketones is 1.